The second-order valence-corrected chi connectivity index (χ2v) is 6.24. The van der Waals surface area contributed by atoms with Gasteiger partial charge in [0.15, 0.2) is 0 Å². The summed E-state index contributed by atoms with van der Waals surface area (Å²) in [7, 11) is 0. The van der Waals surface area contributed by atoms with Crippen LogP contribution in [0.4, 0.5) is 4.79 Å². The van der Waals surface area contributed by atoms with Crippen molar-refractivity contribution in [1.82, 2.24) is 15.3 Å². The lowest BCUT2D eigenvalue weighted by Gasteiger charge is -2.07. The molecule has 4 rings (SSSR count). The van der Waals surface area contributed by atoms with Crippen molar-refractivity contribution in [2.45, 2.75) is 0 Å². The van der Waals surface area contributed by atoms with Gasteiger partial charge in [-0.05, 0) is 64.9 Å². The zero-order valence-corrected chi connectivity index (χ0v) is 13.2. The fourth-order valence-electron chi connectivity index (χ4n) is 2.61. The maximum atomic E-state index is 11.7. The highest BCUT2D eigenvalue weighted by molar-refractivity contribution is 8.18. The van der Waals surface area contributed by atoms with E-state index < -0.39 is 0 Å². The van der Waals surface area contributed by atoms with Crippen molar-refractivity contribution in [2.24, 2.45) is 0 Å². The van der Waals surface area contributed by atoms with Crippen LogP contribution in [-0.4, -0.2) is 21.1 Å². The molecule has 24 heavy (non-hydrogen) atoms. The molecule has 3 heterocycles. The monoisotopic (exact) mass is 333 g/mol. The fraction of sp³-hybridized carbons (Fsp3) is 0. The van der Waals surface area contributed by atoms with Crippen molar-refractivity contribution in [1.29, 1.82) is 0 Å². The van der Waals surface area contributed by atoms with Crippen LogP contribution in [0.1, 0.15) is 5.56 Å². The van der Waals surface area contributed by atoms with Gasteiger partial charge in [0, 0.05) is 24.0 Å². The molecule has 3 aromatic rings. The van der Waals surface area contributed by atoms with Gasteiger partial charge in [0.25, 0.3) is 11.1 Å². The maximum absolute atomic E-state index is 11.7. The largest absolute Gasteiger partial charge is 0.290 e. The number of imide groups is 1. The Balaban J connectivity index is 1.85. The molecule has 1 saturated heterocycles. The molecular weight excluding hydrogens is 322 g/mol. The lowest BCUT2D eigenvalue weighted by molar-refractivity contribution is -0.115. The van der Waals surface area contributed by atoms with Crippen LogP contribution >= 0.6 is 11.8 Å². The Morgan fingerprint density at radius 2 is 1.83 bits per heavy atom. The minimum absolute atomic E-state index is 0.341. The molecule has 1 fully saturated rings. The van der Waals surface area contributed by atoms with Gasteiger partial charge in [-0.25, -0.2) is 0 Å². The first-order chi connectivity index (χ1) is 11.7. The zero-order valence-electron chi connectivity index (χ0n) is 12.4. The summed E-state index contributed by atoms with van der Waals surface area (Å²) in [6, 6.07) is 11.6. The summed E-state index contributed by atoms with van der Waals surface area (Å²) >= 11 is 0.912. The average Bonchev–Trinajstić information content (AvgIpc) is 2.92. The van der Waals surface area contributed by atoms with E-state index in [4.69, 9.17) is 0 Å². The highest BCUT2D eigenvalue weighted by atomic mass is 32.2. The first-order valence-corrected chi connectivity index (χ1v) is 8.06. The molecule has 0 aliphatic carbocycles. The fourth-order valence-corrected chi connectivity index (χ4v) is 3.29. The van der Waals surface area contributed by atoms with Crippen LogP contribution in [0, 0.1) is 0 Å². The minimum Gasteiger partial charge on any atom is -0.282 e. The van der Waals surface area contributed by atoms with E-state index >= 15 is 0 Å². The molecule has 0 saturated carbocycles. The molecule has 5 nitrogen and oxygen atoms in total. The van der Waals surface area contributed by atoms with Crippen molar-refractivity contribution in [3.63, 3.8) is 0 Å². The van der Waals surface area contributed by atoms with Crippen LogP contribution in [0.25, 0.3) is 28.1 Å². The molecule has 2 aromatic heterocycles. The van der Waals surface area contributed by atoms with Crippen LogP contribution in [-0.2, 0) is 4.79 Å². The Kier molecular flexibility index (Phi) is 3.59. The Labute approximate surface area is 141 Å². The highest BCUT2D eigenvalue weighted by Gasteiger charge is 2.24. The van der Waals surface area contributed by atoms with E-state index in [1.54, 1.807) is 24.7 Å². The lowest BCUT2D eigenvalue weighted by Crippen LogP contribution is -2.17. The molecule has 1 aromatic carbocycles. The van der Waals surface area contributed by atoms with Gasteiger partial charge in [-0.1, -0.05) is 6.07 Å². The smallest absolute Gasteiger partial charge is 0.282 e. The quantitative estimate of drug-likeness (QED) is 0.725. The van der Waals surface area contributed by atoms with E-state index in [0.29, 0.717) is 4.91 Å². The number of hydrogen-bond donors (Lipinski definition) is 1. The Bertz CT molecular complexity index is 1000. The standard InChI is InChI=1S/C18H11N3O2S/c22-17-16(24-18(23)21-17)10-11-1-2-15-14(9-11)13(5-8-20-15)12-3-6-19-7-4-12/h1-10H,(H,21,22,23)/b16-10-. The number of rotatable bonds is 2. The van der Waals surface area contributed by atoms with E-state index in [-0.39, 0.29) is 11.1 Å². The van der Waals surface area contributed by atoms with Gasteiger partial charge in [0.1, 0.15) is 0 Å². The normalized spacial score (nSPS) is 15.9. The van der Waals surface area contributed by atoms with Crippen molar-refractivity contribution >= 4 is 39.9 Å². The van der Waals surface area contributed by atoms with Gasteiger partial charge in [0.05, 0.1) is 10.4 Å². The number of fused-ring (bicyclic) bond motifs is 1. The van der Waals surface area contributed by atoms with Crippen LogP contribution in [0.5, 0.6) is 0 Å². The summed E-state index contributed by atoms with van der Waals surface area (Å²) in [5.74, 6) is -0.356. The van der Waals surface area contributed by atoms with Gasteiger partial charge < -0.3 is 0 Å². The number of amides is 2. The summed E-state index contributed by atoms with van der Waals surface area (Å²) in [6.07, 6.45) is 6.99. The number of aromatic nitrogens is 2. The second kappa shape index (κ2) is 5.90. The maximum Gasteiger partial charge on any atom is 0.290 e. The number of nitrogens with one attached hydrogen (secondary N) is 1. The van der Waals surface area contributed by atoms with Crippen molar-refractivity contribution in [3.05, 3.63) is 65.5 Å². The average molecular weight is 333 g/mol. The molecule has 0 unspecified atom stereocenters. The summed E-state index contributed by atoms with van der Waals surface area (Å²) in [5, 5.41) is 2.90. The molecular formula is C18H11N3O2S. The SMILES string of the molecule is O=C1NC(=O)/C(=C/c2ccc3nccc(-c4ccncc4)c3c2)S1. The first-order valence-electron chi connectivity index (χ1n) is 7.25. The molecule has 1 aliphatic rings. The Hall–Kier alpha value is -2.99. The van der Waals surface area contributed by atoms with Gasteiger partial charge in [-0.2, -0.15) is 0 Å². The number of nitrogens with zero attached hydrogens (tertiary/aromatic N) is 2. The summed E-state index contributed by atoms with van der Waals surface area (Å²) in [4.78, 5) is 31.8. The van der Waals surface area contributed by atoms with Gasteiger partial charge >= 0.3 is 0 Å². The first kappa shape index (κ1) is 14.6. The third-order valence-electron chi connectivity index (χ3n) is 3.70. The number of hydrogen-bond acceptors (Lipinski definition) is 5. The predicted molar refractivity (Wildman–Crippen MR) is 94.1 cm³/mol. The van der Waals surface area contributed by atoms with E-state index in [2.05, 4.69) is 15.3 Å². The van der Waals surface area contributed by atoms with Crippen LogP contribution in [0.3, 0.4) is 0 Å². The van der Waals surface area contributed by atoms with Crippen LogP contribution in [0.2, 0.25) is 0 Å². The summed E-state index contributed by atoms with van der Waals surface area (Å²) in [5.41, 5.74) is 3.80. The number of carbonyl (C=O) groups excluding carboxylic acids is 2. The number of carbonyl (C=O) groups is 2. The van der Waals surface area contributed by atoms with E-state index in [1.165, 1.54) is 0 Å². The van der Waals surface area contributed by atoms with E-state index in [0.717, 1.165) is 39.4 Å². The molecule has 0 bridgehead atoms. The summed E-state index contributed by atoms with van der Waals surface area (Å²) in [6.45, 7) is 0. The van der Waals surface area contributed by atoms with Crippen molar-refractivity contribution in [2.75, 3.05) is 0 Å². The molecule has 116 valence electrons. The van der Waals surface area contributed by atoms with Crippen LogP contribution < -0.4 is 5.32 Å². The number of pyridine rings is 2. The Morgan fingerprint density at radius 1 is 1.00 bits per heavy atom. The molecule has 1 aliphatic heterocycles. The van der Waals surface area contributed by atoms with E-state index in [9.17, 15) is 9.59 Å². The lowest BCUT2D eigenvalue weighted by atomic mass is 10.0. The second-order valence-electron chi connectivity index (χ2n) is 5.22. The minimum atomic E-state index is -0.356. The molecule has 0 spiro atoms. The molecule has 6 heteroatoms. The molecule has 2 amide bonds. The van der Waals surface area contributed by atoms with Gasteiger partial charge in [-0.15, -0.1) is 0 Å². The number of thioether (sulfide) groups is 1. The van der Waals surface area contributed by atoms with Crippen molar-refractivity contribution < 1.29 is 9.59 Å². The molecule has 0 radical (unpaired) electrons. The van der Waals surface area contributed by atoms with Crippen molar-refractivity contribution in [3.8, 4) is 11.1 Å². The van der Waals surface area contributed by atoms with E-state index in [1.807, 2.05) is 36.4 Å². The number of benzene rings is 1. The third kappa shape index (κ3) is 2.68. The topological polar surface area (TPSA) is 72.0 Å². The highest BCUT2D eigenvalue weighted by Crippen LogP contribution is 2.30. The van der Waals surface area contributed by atoms with Gasteiger partial charge in [-0.3, -0.25) is 24.9 Å². The summed E-state index contributed by atoms with van der Waals surface area (Å²) < 4.78 is 0. The molecule has 1 N–H and O–H groups in total. The molecule has 0 atom stereocenters. The van der Waals surface area contributed by atoms with Gasteiger partial charge in [0.2, 0.25) is 0 Å². The zero-order chi connectivity index (χ0) is 16.5. The predicted octanol–water partition coefficient (Wildman–Crippen LogP) is 3.62. The van der Waals surface area contributed by atoms with Crippen LogP contribution in [0.15, 0.2) is 59.9 Å². The Morgan fingerprint density at radius 3 is 2.58 bits per heavy atom. The third-order valence-corrected chi connectivity index (χ3v) is 4.51.